The molecule has 2 N–H and O–H groups in total. The summed E-state index contributed by atoms with van der Waals surface area (Å²) >= 11 is 1.63. The number of nitrogens with two attached hydrogens (primary N) is 1. The minimum absolute atomic E-state index is 0.0601. The van der Waals surface area contributed by atoms with E-state index in [9.17, 15) is 14.9 Å². The van der Waals surface area contributed by atoms with E-state index in [0.717, 1.165) is 30.3 Å². The molecule has 25 heavy (non-hydrogen) atoms. The highest BCUT2D eigenvalue weighted by Crippen LogP contribution is 2.23. The van der Waals surface area contributed by atoms with E-state index >= 15 is 0 Å². The van der Waals surface area contributed by atoms with Crippen LogP contribution in [0, 0.1) is 17.0 Å². The lowest BCUT2D eigenvalue weighted by atomic mass is 10.1. The Morgan fingerprint density at radius 3 is 2.68 bits per heavy atom. The number of hydrogen-bond donors (Lipinski definition) is 1. The number of carbonyl (C=O) groups excluding carboxylic acids is 1. The van der Waals surface area contributed by atoms with Crippen molar-refractivity contribution in [2.24, 2.45) is 0 Å². The van der Waals surface area contributed by atoms with Crippen LogP contribution in [-0.2, 0) is 6.54 Å². The summed E-state index contributed by atoms with van der Waals surface area (Å²) < 4.78 is 0. The molecule has 1 fully saturated rings. The summed E-state index contributed by atoms with van der Waals surface area (Å²) in [6.07, 6.45) is 0. The molecule has 1 aliphatic heterocycles. The number of aryl methyl sites for hydroxylation is 1. The van der Waals surface area contributed by atoms with E-state index < -0.39 is 4.92 Å². The zero-order valence-electron chi connectivity index (χ0n) is 13.8. The molecule has 2 aromatic rings. The quantitative estimate of drug-likeness (QED) is 0.506. The SMILES string of the molecule is Cc1nc(CN2CCN(C(=O)c3ccc(N)c([N+](=O)[O-])c3)CC2)cs1. The fraction of sp³-hybridized carbons (Fsp3) is 0.375. The van der Waals surface area contributed by atoms with Crippen LogP contribution >= 0.6 is 11.3 Å². The predicted octanol–water partition coefficient (Wildman–Crippen LogP) is 1.90. The lowest BCUT2D eigenvalue weighted by molar-refractivity contribution is -0.383. The highest BCUT2D eigenvalue weighted by atomic mass is 32.1. The first-order chi connectivity index (χ1) is 11.9. The van der Waals surface area contributed by atoms with Crippen molar-refractivity contribution in [2.75, 3.05) is 31.9 Å². The molecule has 1 amide bonds. The van der Waals surface area contributed by atoms with Gasteiger partial charge in [-0.2, -0.15) is 0 Å². The molecule has 0 radical (unpaired) electrons. The van der Waals surface area contributed by atoms with Crippen LogP contribution in [-0.4, -0.2) is 51.8 Å². The van der Waals surface area contributed by atoms with Gasteiger partial charge < -0.3 is 10.6 Å². The molecule has 0 bridgehead atoms. The largest absolute Gasteiger partial charge is 0.393 e. The number of thiazole rings is 1. The summed E-state index contributed by atoms with van der Waals surface area (Å²) in [5, 5.41) is 14.1. The van der Waals surface area contributed by atoms with Crippen LogP contribution in [0.4, 0.5) is 11.4 Å². The van der Waals surface area contributed by atoms with E-state index in [1.807, 2.05) is 6.92 Å². The number of nitro benzene ring substituents is 1. The van der Waals surface area contributed by atoms with Crippen molar-refractivity contribution in [3.05, 3.63) is 50.0 Å². The number of nitrogens with zero attached hydrogens (tertiary/aromatic N) is 4. The summed E-state index contributed by atoms with van der Waals surface area (Å²) in [5.41, 5.74) is 6.76. The number of anilines is 1. The van der Waals surface area contributed by atoms with E-state index in [4.69, 9.17) is 5.73 Å². The van der Waals surface area contributed by atoms with Gasteiger partial charge in [0.25, 0.3) is 11.6 Å². The van der Waals surface area contributed by atoms with Gasteiger partial charge in [-0.05, 0) is 19.1 Å². The van der Waals surface area contributed by atoms with Gasteiger partial charge in [0.05, 0.1) is 15.6 Å². The number of nitro groups is 1. The third kappa shape index (κ3) is 3.94. The highest BCUT2D eigenvalue weighted by molar-refractivity contribution is 7.09. The van der Waals surface area contributed by atoms with Crippen molar-refractivity contribution in [1.82, 2.24) is 14.8 Å². The smallest absolute Gasteiger partial charge is 0.292 e. The molecule has 1 saturated heterocycles. The molecule has 1 aliphatic rings. The number of benzene rings is 1. The lowest BCUT2D eigenvalue weighted by Crippen LogP contribution is -2.48. The van der Waals surface area contributed by atoms with Gasteiger partial charge in [-0.15, -0.1) is 11.3 Å². The Morgan fingerprint density at radius 2 is 2.08 bits per heavy atom. The van der Waals surface area contributed by atoms with Crippen LogP contribution in [0.1, 0.15) is 21.1 Å². The molecule has 0 saturated carbocycles. The van der Waals surface area contributed by atoms with Crippen LogP contribution in [0.5, 0.6) is 0 Å². The second kappa shape index (κ2) is 7.16. The van der Waals surface area contributed by atoms with Crippen molar-refractivity contribution in [3.8, 4) is 0 Å². The Morgan fingerprint density at radius 1 is 1.36 bits per heavy atom. The Labute approximate surface area is 149 Å². The van der Waals surface area contributed by atoms with Gasteiger partial charge >= 0.3 is 0 Å². The normalized spacial score (nSPS) is 15.3. The third-order valence-corrected chi connectivity index (χ3v) is 5.01. The van der Waals surface area contributed by atoms with Crippen molar-refractivity contribution in [2.45, 2.75) is 13.5 Å². The Balaban J connectivity index is 1.61. The maximum absolute atomic E-state index is 12.6. The van der Waals surface area contributed by atoms with Crippen molar-refractivity contribution >= 4 is 28.6 Å². The topological polar surface area (TPSA) is 106 Å². The average Bonchev–Trinajstić information content (AvgIpc) is 3.00. The van der Waals surface area contributed by atoms with Gasteiger partial charge in [0.15, 0.2) is 0 Å². The molecule has 132 valence electrons. The maximum Gasteiger partial charge on any atom is 0.292 e. The number of hydrogen-bond acceptors (Lipinski definition) is 7. The summed E-state index contributed by atoms with van der Waals surface area (Å²) in [7, 11) is 0. The highest BCUT2D eigenvalue weighted by Gasteiger charge is 2.24. The van der Waals surface area contributed by atoms with Gasteiger partial charge in [-0.1, -0.05) is 0 Å². The second-order valence-electron chi connectivity index (χ2n) is 5.96. The standard InChI is InChI=1S/C16H19N5O3S/c1-11-18-13(10-25-11)9-19-4-6-20(7-5-19)16(22)12-2-3-14(17)15(8-12)21(23)24/h2-3,8,10H,4-7,9,17H2,1H3. The number of nitrogen functional groups attached to an aromatic ring is 1. The van der Waals surface area contributed by atoms with E-state index in [-0.39, 0.29) is 17.3 Å². The summed E-state index contributed by atoms with van der Waals surface area (Å²) in [5.74, 6) is -0.202. The molecule has 8 nitrogen and oxygen atoms in total. The van der Waals surface area contributed by atoms with Crippen molar-refractivity contribution < 1.29 is 9.72 Å². The van der Waals surface area contributed by atoms with Gasteiger partial charge in [0.2, 0.25) is 0 Å². The average molecular weight is 361 g/mol. The molecule has 0 atom stereocenters. The number of aromatic nitrogens is 1. The van der Waals surface area contributed by atoms with Crippen molar-refractivity contribution in [1.29, 1.82) is 0 Å². The lowest BCUT2D eigenvalue weighted by Gasteiger charge is -2.34. The summed E-state index contributed by atoms with van der Waals surface area (Å²) in [4.78, 5) is 31.4. The first-order valence-electron chi connectivity index (χ1n) is 7.90. The molecule has 3 rings (SSSR count). The Bertz CT molecular complexity index is 799. The molecule has 2 heterocycles. The van der Waals surface area contributed by atoms with E-state index in [1.54, 1.807) is 16.2 Å². The Kier molecular flexibility index (Phi) is 4.95. The van der Waals surface area contributed by atoms with E-state index in [1.165, 1.54) is 18.2 Å². The predicted molar refractivity (Wildman–Crippen MR) is 95.5 cm³/mol. The third-order valence-electron chi connectivity index (χ3n) is 4.19. The fourth-order valence-electron chi connectivity index (χ4n) is 2.84. The first-order valence-corrected chi connectivity index (χ1v) is 8.78. The molecule has 9 heteroatoms. The van der Waals surface area contributed by atoms with Crippen LogP contribution in [0.3, 0.4) is 0 Å². The zero-order valence-corrected chi connectivity index (χ0v) is 14.7. The van der Waals surface area contributed by atoms with Crippen LogP contribution in [0.25, 0.3) is 0 Å². The van der Waals surface area contributed by atoms with Gasteiger partial charge in [-0.25, -0.2) is 4.98 Å². The monoisotopic (exact) mass is 361 g/mol. The van der Waals surface area contributed by atoms with Gasteiger partial charge in [0, 0.05) is 49.7 Å². The molecular weight excluding hydrogens is 342 g/mol. The molecule has 0 spiro atoms. The minimum Gasteiger partial charge on any atom is -0.393 e. The maximum atomic E-state index is 12.6. The Hall–Kier alpha value is -2.52. The van der Waals surface area contributed by atoms with Crippen LogP contribution in [0.2, 0.25) is 0 Å². The van der Waals surface area contributed by atoms with E-state index in [2.05, 4.69) is 15.3 Å². The summed E-state index contributed by atoms with van der Waals surface area (Å²) in [6, 6.07) is 4.20. The molecule has 1 aromatic carbocycles. The number of rotatable bonds is 4. The number of amides is 1. The summed E-state index contributed by atoms with van der Waals surface area (Å²) in [6.45, 7) is 5.43. The van der Waals surface area contributed by atoms with Crippen molar-refractivity contribution in [3.63, 3.8) is 0 Å². The van der Waals surface area contributed by atoms with Gasteiger partial charge in [-0.3, -0.25) is 19.8 Å². The van der Waals surface area contributed by atoms with Crippen LogP contribution < -0.4 is 5.73 Å². The second-order valence-corrected chi connectivity index (χ2v) is 7.02. The fourth-order valence-corrected chi connectivity index (χ4v) is 3.44. The molecule has 1 aromatic heterocycles. The molecular formula is C16H19N5O3S. The molecule has 0 aliphatic carbocycles. The minimum atomic E-state index is -0.570. The number of piperazine rings is 1. The zero-order chi connectivity index (χ0) is 18.0. The molecule has 0 unspecified atom stereocenters. The van der Waals surface area contributed by atoms with E-state index in [0.29, 0.717) is 18.7 Å². The van der Waals surface area contributed by atoms with Gasteiger partial charge in [0.1, 0.15) is 5.69 Å². The van der Waals surface area contributed by atoms with Crippen LogP contribution in [0.15, 0.2) is 23.6 Å². The number of carbonyl (C=O) groups is 1. The first kappa shape index (κ1) is 17.3.